The molecule has 2 N–H and O–H groups in total. The van der Waals surface area contributed by atoms with Gasteiger partial charge in [0.2, 0.25) is 0 Å². The summed E-state index contributed by atoms with van der Waals surface area (Å²) >= 11 is 8.80. The molecule has 8 nitrogen and oxygen atoms in total. The van der Waals surface area contributed by atoms with Gasteiger partial charge in [0, 0.05) is 9.90 Å². The van der Waals surface area contributed by atoms with Gasteiger partial charge in [0.05, 0.1) is 29.6 Å². The van der Waals surface area contributed by atoms with E-state index in [0.29, 0.717) is 44.0 Å². The predicted octanol–water partition coefficient (Wildman–Crippen LogP) is 4.94. The van der Waals surface area contributed by atoms with Crippen LogP contribution < -0.4 is 15.7 Å². The standard InChI is InChI=1S/C26H23ClN4O4S2/c1-2-35-20-12-15(6-11-19(20)32)13-28-30-22(33)14-36-26-29-24-23(18-4-3-5-21(18)37-24)25(34)31(26)17-9-7-16(27)8-10-17/h6-13,32H,2-5,14H2,1H3,(H,30,33)/b28-13+. The molecule has 2 aromatic carbocycles. The largest absolute Gasteiger partial charge is 0.504 e. The molecule has 0 radical (unpaired) electrons. The van der Waals surface area contributed by atoms with Crippen molar-refractivity contribution in [2.45, 2.75) is 31.3 Å². The number of rotatable bonds is 8. The summed E-state index contributed by atoms with van der Waals surface area (Å²) in [7, 11) is 0. The molecule has 1 amide bonds. The van der Waals surface area contributed by atoms with Crippen LogP contribution in [-0.2, 0) is 17.6 Å². The van der Waals surface area contributed by atoms with Crippen LogP contribution in [0.2, 0.25) is 5.02 Å². The van der Waals surface area contributed by atoms with Gasteiger partial charge in [-0.2, -0.15) is 5.10 Å². The van der Waals surface area contributed by atoms with E-state index < -0.39 is 0 Å². The first-order chi connectivity index (χ1) is 17.9. The van der Waals surface area contributed by atoms with Gasteiger partial charge in [-0.1, -0.05) is 23.4 Å². The fourth-order valence-electron chi connectivity index (χ4n) is 4.16. The number of thioether (sulfide) groups is 1. The lowest BCUT2D eigenvalue weighted by Gasteiger charge is -2.12. The zero-order valence-electron chi connectivity index (χ0n) is 19.9. The number of fused-ring (bicyclic) bond motifs is 3. The van der Waals surface area contributed by atoms with Gasteiger partial charge >= 0.3 is 0 Å². The maximum absolute atomic E-state index is 13.7. The predicted molar refractivity (Wildman–Crippen MR) is 148 cm³/mol. The third-order valence-electron chi connectivity index (χ3n) is 5.81. The SMILES string of the molecule is CCOc1cc(/C=N/NC(=O)CSc2nc3sc4c(c3c(=O)n2-c2ccc(Cl)cc2)CCC4)ccc1O. The number of phenols is 1. The van der Waals surface area contributed by atoms with Crippen LogP contribution in [0.5, 0.6) is 11.5 Å². The average molecular weight is 555 g/mol. The van der Waals surface area contributed by atoms with Crippen molar-refractivity contribution in [3.05, 3.63) is 73.8 Å². The minimum atomic E-state index is -0.351. The Morgan fingerprint density at radius 2 is 2.11 bits per heavy atom. The van der Waals surface area contributed by atoms with Crippen molar-refractivity contribution >= 4 is 57.0 Å². The Hall–Kier alpha value is -3.34. The summed E-state index contributed by atoms with van der Waals surface area (Å²) in [6.45, 7) is 2.24. The number of ether oxygens (including phenoxy) is 1. The van der Waals surface area contributed by atoms with Gasteiger partial charge < -0.3 is 9.84 Å². The van der Waals surface area contributed by atoms with E-state index in [4.69, 9.17) is 21.3 Å². The first-order valence-corrected chi connectivity index (χ1v) is 13.9. The molecule has 1 aliphatic carbocycles. The number of hydrogen-bond acceptors (Lipinski definition) is 8. The second kappa shape index (κ2) is 11.0. The molecule has 0 saturated heterocycles. The third-order valence-corrected chi connectivity index (χ3v) is 8.19. The summed E-state index contributed by atoms with van der Waals surface area (Å²) < 4.78 is 6.92. The quantitative estimate of drug-likeness (QED) is 0.138. The molecule has 37 heavy (non-hydrogen) atoms. The Morgan fingerprint density at radius 1 is 1.30 bits per heavy atom. The van der Waals surface area contributed by atoms with Gasteiger partial charge in [-0.05, 0) is 79.8 Å². The molecule has 4 aromatic rings. The minimum absolute atomic E-state index is 0.00768. The Labute approximate surface area is 226 Å². The number of carbonyl (C=O) groups is 1. The van der Waals surface area contributed by atoms with Crippen molar-refractivity contribution < 1.29 is 14.6 Å². The summed E-state index contributed by atoms with van der Waals surface area (Å²) in [5.74, 6) is 0.0326. The molecule has 5 rings (SSSR count). The Kier molecular flexibility index (Phi) is 7.50. The molecule has 11 heteroatoms. The normalized spacial score (nSPS) is 12.8. The van der Waals surface area contributed by atoms with E-state index in [0.717, 1.165) is 24.8 Å². The van der Waals surface area contributed by atoms with Gasteiger partial charge in [-0.3, -0.25) is 14.2 Å². The summed E-state index contributed by atoms with van der Waals surface area (Å²) in [6, 6.07) is 11.8. The summed E-state index contributed by atoms with van der Waals surface area (Å²) in [5, 5.41) is 15.5. The molecule has 190 valence electrons. The number of benzene rings is 2. The highest BCUT2D eigenvalue weighted by Gasteiger charge is 2.24. The molecule has 0 atom stereocenters. The molecule has 2 aromatic heterocycles. The highest BCUT2D eigenvalue weighted by Crippen LogP contribution is 2.36. The molecule has 0 spiro atoms. The van der Waals surface area contributed by atoms with E-state index >= 15 is 0 Å². The Bertz CT molecular complexity index is 1560. The highest BCUT2D eigenvalue weighted by molar-refractivity contribution is 7.99. The molecule has 0 unspecified atom stereocenters. The number of thiophene rings is 1. The van der Waals surface area contributed by atoms with E-state index in [1.54, 1.807) is 52.3 Å². The fourth-order valence-corrected chi connectivity index (χ4v) is 6.40. The maximum atomic E-state index is 13.7. The number of phenolic OH excluding ortho intramolecular Hbond substituents is 1. The van der Waals surface area contributed by atoms with Gasteiger partial charge in [0.25, 0.3) is 11.5 Å². The van der Waals surface area contributed by atoms with Crippen molar-refractivity contribution in [1.29, 1.82) is 0 Å². The van der Waals surface area contributed by atoms with Gasteiger partial charge in [-0.25, -0.2) is 10.4 Å². The first kappa shape index (κ1) is 25.3. The van der Waals surface area contributed by atoms with E-state index in [-0.39, 0.29) is 23.0 Å². The highest BCUT2D eigenvalue weighted by atomic mass is 35.5. The lowest BCUT2D eigenvalue weighted by atomic mass is 10.2. The van der Waals surface area contributed by atoms with Gasteiger partial charge in [0.1, 0.15) is 4.83 Å². The lowest BCUT2D eigenvalue weighted by molar-refractivity contribution is -0.118. The van der Waals surface area contributed by atoms with Crippen LogP contribution in [0.25, 0.3) is 15.9 Å². The number of aromatic hydroxyl groups is 1. The van der Waals surface area contributed by atoms with Crippen LogP contribution in [0.1, 0.15) is 29.3 Å². The molecular weight excluding hydrogens is 532 g/mol. The minimum Gasteiger partial charge on any atom is -0.504 e. The van der Waals surface area contributed by atoms with E-state index in [1.165, 1.54) is 28.9 Å². The molecule has 0 saturated carbocycles. The van der Waals surface area contributed by atoms with Gasteiger partial charge in [-0.15, -0.1) is 11.3 Å². The van der Waals surface area contributed by atoms with Gasteiger partial charge in [0.15, 0.2) is 16.7 Å². The molecule has 0 bridgehead atoms. The van der Waals surface area contributed by atoms with Crippen LogP contribution in [0.15, 0.2) is 57.5 Å². The van der Waals surface area contributed by atoms with Crippen LogP contribution in [0.4, 0.5) is 0 Å². The molecule has 1 aliphatic rings. The summed E-state index contributed by atoms with van der Waals surface area (Å²) in [4.78, 5) is 32.9. The number of hydrazone groups is 1. The third kappa shape index (κ3) is 5.36. The monoisotopic (exact) mass is 554 g/mol. The number of halogens is 1. The van der Waals surface area contributed by atoms with Crippen LogP contribution >= 0.6 is 34.7 Å². The van der Waals surface area contributed by atoms with Crippen molar-refractivity contribution in [1.82, 2.24) is 15.0 Å². The van der Waals surface area contributed by atoms with E-state index in [2.05, 4.69) is 10.5 Å². The van der Waals surface area contributed by atoms with E-state index in [9.17, 15) is 14.7 Å². The first-order valence-electron chi connectivity index (χ1n) is 11.7. The smallest absolute Gasteiger partial charge is 0.267 e. The maximum Gasteiger partial charge on any atom is 0.267 e. The zero-order chi connectivity index (χ0) is 25.9. The number of carbonyl (C=O) groups excluding carboxylic acids is 1. The average Bonchev–Trinajstić information content (AvgIpc) is 3.47. The lowest BCUT2D eigenvalue weighted by Crippen LogP contribution is -2.24. The Morgan fingerprint density at radius 3 is 2.89 bits per heavy atom. The second-order valence-corrected chi connectivity index (χ2v) is 10.8. The van der Waals surface area contributed by atoms with Crippen LogP contribution in [-0.4, -0.2) is 39.1 Å². The molecule has 0 aliphatic heterocycles. The number of nitrogens with zero attached hydrogens (tertiary/aromatic N) is 3. The number of hydrogen-bond donors (Lipinski definition) is 2. The molecule has 0 fully saturated rings. The number of nitrogens with one attached hydrogen (secondary N) is 1. The number of aryl methyl sites for hydroxylation is 2. The number of amides is 1. The Balaban J connectivity index is 1.36. The van der Waals surface area contributed by atoms with Crippen molar-refractivity contribution in [2.24, 2.45) is 5.10 Å². The number of aromatic nitrogens is 2. The second-order valence-electron chi connectivity index (χ2n) is 8.29. The summed E-state index contributed by atoms with van der Waals surface area (Å²) in [6.07, 6.45) is 4.36. The van der Waals surface area contributed by atoms with Crippen LogP contribution in [0.3, 0.4) is 0 Å². The zero-order valence-corrected chi connectivity index (χ0v) is 22.3. The van der Waals surface area contributed by atoms with Crippen LogP contribution in [0, 0.1) is 0 Å². The van der Waals surface area contributed by atoms with Crippen molar-refractivity contribution in [2.75, 3.05) is 12.4 Å². The molecular formula is C26H23ClN4O4S2. The van der Waals surface area contributed by atoms with E-state index in [1.807, 2.05) is 6.92 Å². The summed E-state index contributed by atoms with van der Waals surface area (Å²) in [5.41, 5.74) is 4.76. The fraction of sp³-hybridized carbons (Fsp3) is 0.231. The molecule has 2 heterocycles. The topological polar surface area (TPSA) is 106 Å². The van der Waals surface area contributed by atoms with Crippen molar-refractivity contribution in [3.8, 4) is 17.2 Å². The van der Waals surface area contributed by atoms with Crippen molar-refractivity contribution in [3.63, 3.8) is 0 Å².